The number of hydrogen-bond donors (Lipinski definition) is 14. The molecule has 0 spiro atoms. The van der Waals surface area contributed by atoms with Crippen LogP contribution < -0.4 is 39.3 Å². The third kappa shape index (κ3) is 10.00. The van der Waals surface area contributed by atoms with Crippen LogP contribution >= 0.6 is 0 Å². The molecule has 0 unspecified atom stereocenters. The van der Waals surface area contributed by atoms with Gasteiger partial charge in [-0.15, -0.1) is 0 Å². The van der Waals surface area contributed by atoms with Crippen LogP contribution in [-0.2, 0) is 28.4 Å². The lowest BCUT2D eigenvalue weighted by molar-refractivity contribution is -0.290. The largest absolute Gasteiger partial charge is 0.395 e. The van der Waals surface area contributed by atoms with Crippen LogP contribution in [0.2, 0.25) is 0 Å². The Kier molecular flexibility index (Phi) is 16.2. The highest BCUT2D eigenvalue weighted by Gasteiger charge is 2.54. The molecular weight excluding hydrogens is 654 g/mol. The molecule has 3 saturated heterocycles. The van der Waals surface area contributed by atoms with Gasteiger partial charge in [0.2, 0.25) is 0 Å². The highest BCUT2D eigenvalue weighted by molar-refractivity contribution is 5.03. The maximum atomic E-state index is 11.6. The lowest BCUT2D eigenvalue weighted by Crippen LogP contribution is -2.67. The van der Waals surface area contributed by atoms with Gasteiger partial charge in [0.25, 0.3) is 0 Å². The van der Waals surface area contributed by atoms with Gasteiger partial charge in [0, 0.05) is 25.2 Å². The van der Waals surface area contributed by atoms with Gasteiger partial charge in [-0.2, -0.15) is 0 Å². The molecule has 0 aromatic carbocycles. The monoisotopic (exact) mass is 713 g/mol. The number of aliphatic hydroxyl groups is 7. The summed E-state index contributed by atoms with van der Waals surface area (Å²) in [5.41, 5.74) is 30.3. The van der Waals surface area contributed by atoms with Gasteiger partial charge in [-0.05, 0) is 38.8 Å². The smallest absolute Gasteiger partial charge is 0.187 e. The first-order valence-electron chi connectivity index (χ1n) is 17.1. The van der Waals surface area contributed by atoms with Crippen LogP contribution in [-0.4, -0.2) is 192 Å². The number of hydrogen-bond acceptors (Lipinski definition) is 20. The van der Waals surface area contributed by atoms with E-state index in [1.165, 1.54) is 0 Å². The maximum Gasteiger partial charge on any atom is 0.187 e. The Labute approximate surface area is 285 Å². The SMILES string of the molecule is NCCCNC[C@@H]1CC[C@@H](N)[C@@H](O[C@H]2[C@H](O[C@@H]3O[C@H](CO)[C@@H](O[C@H]4O[C@@H](CN)[C@@H](O)[C@H](O)[C@H]4N)[C@H]3O)[C@@H](O)[C@H](NC(CO)CO)C[C@@H]2N)O1. The minimum Gasteiger partial charge on any atom is -0.395 e. The second-order valence-electron chi connectivity index (χ2n) is 13.3. The van der Waals surface area contributed by atoms with Crippen molar-refractivity contribution >= 4 is 0 Å². The quantitative estimate of drug-likeness (QED) is 0.0622. The molecular formula is C29H59N7O13. The fourth-order valence-electron chi connectivity index (χ4n) is 6.72. The van der Waals surface area contributed by atoms with E-state index >= 15 is 0 Å². The summed E-state index contributed by atoms with van der Waals surface area (Å²) in [6, 6.07) is -4.12. The third-order valence-electron chi connectivity index (χ3n) is 9.66. The van der Waals surface area contributed by atoms with Gasteiger partial charge in [0.15, 0.2) is 18.9 Å². The van der Waals surface area contributed by atoms with E-state index in [4.69, 9.17) is 57.1 Å². The van der Waals surface area contributed by atoms with E-state index in [0.717, 1.165) is 13.0 Å². The zero-order valence-corrected chi connectivity index (χ0v) is 27.6. The lowest BCUT2D eigenvalue weighted by atomic mass is 9.83. The van der Waals surface area contributed by atoms with Crippen molar-refractivity contribution in [1.29, 1.82) is 0 Å². The summed E-state index contributed by atoms with van der Waals surface area (Å²) in [6.45, 7) is 0.189. The molecule has 20 heteroatoms. The summed E-state index contributed by atoms with van der Waals surface area (Å²) in [6.07, 6.45) is -13.4. The van der Waals surface area contributed by atoms with Crippen molar-refractivity contribution < 1.29 is 64.2 Å². The first-order valence-corrected chi connectivity index (χ1v) is 17.1. The number of nitrogens with two attached hydrogens (primary N) is 5. The van der Waals surface area contributed by atoms with Crippen LogP contribution in [0.15, 0.2) is 0 Å². The Bertz CT molecular complexity index is 964. The molecule has 4 aliphatic rings. The molecule has 3 heterocycles. The van der Waals surface area contributed by atoms with E-state index in [-0.39, 0.29) is 19.1 Å². The number of nitrogens with one attached hydrogen (secondary N) is 2. The van der Waals surface area contributed by atoms with Crippen LogP contribution in [0.5, 0.6) is 0 Å². The molecule has 3 aliphatic heterocycles. The van der Waals surface area contributed by atoms with Crippen LogP contribution in [0.4, 0.5) is 0 Å². The van der Waals surface area contributed by atoms with E-state index < -0.39 is 124 Å². The van der Waals surface area contributed by atoms with E-state index in [0.29, 0.717) is 25.9 Å². The fourth-order valence-corrected chi connectivity index (χ4v) is 6.72. The standard InChI is InChI=1S/C29H59N7O13/c30-4-1-5-35-8-13-2-3-14(32)27(44-13)47-24-15(33)6-16(36-12(9-37)10-38)20(40)26(24)49-29-23(43)25(18(11-39)46-29)48-28-19(34)22(42)21(41)17(7-31)45-28/h12-29,35-43H,1-11,30-34H2/t13-,14+,15-,16+,17-,18+,19+,20-,21+,22+,23+,24+,25+,26+,27+,28+,29-/m0/s1. The molecule has 0 bridgehead atoms. The van der Waals surface area contributed by atoms with Crippen molar-refractivity contribution in [2.45, 2.75) is 136 Å². The van der Waals surface area contributed by atoms with Gasteiger partial charge >= 0.3 is 0 Å². The Morgan fingerprint density at radius 1 is 0.714 bits per heavy atom. The normalized spacial score (nSPS) is 44.9. The first-order chi connectivity index (χ1) is 23.5. The summed E-state index contributed by atoms with van der Waals surface area (Å²) < 4.78 is 36.1. The van der Waals surface area contributed by atoms with Gasteiger partial charge < -0.3 is 103 Å². The van der Waals surface area contributed by atoms with E-state index in [1.54, 1.807) is 0 Å². The van der Waals surface area contributed by atoms with Crippen molar-refractivity contribution in [3.05, 3.63) is 0 Å². The Morgan fingerprint density at radius 3 is 2.04 bits per heavy atom. The average molecular weight is 714 g/mol. The number of ether oxygens (including phenoxy) is 6. The highest BCUT2D eigenvalue weighted by Crippen LogP contribution is 2.34. The number of rotatable bonds is 17. The topological polar surface area (TPSA) is 351 Å². The number of aliphatic hydroxyl groups excluding tert-OH is 7. The summed E-state index contributed by atoms with van der Waals surface area (Å²) in [5, 5.41) is 79.4. The second-order valence-corrected chi connectivity index (χ2v) is 13.3. The van der Waals surface area contributed by atoms with E-state index in [9.17, 15) is 35.7 Å². The van der Waals surface area contributed by atoms with Crippen molar-refractivity contribution in [3.63, 3.8) is 0 Å². The van der Waals surface area contributed by atoms with E-state index in [1.807, 2.05) is 0 Å². The van der Waals surface area contributed by atoms with Gasteiger partial charge in [-0.3, -0.25) is 0 Å². The summed E-state index contributed by atoms with van der Waals surface area (Å²) in [4.78, 5) is 0. The predicted octanol–water partition coefficient (Wildman–Crippen LogP) is -7.87. The second kappa shape index (κ2) is 19.3. The van der Waals surface area contributed by atoms with Gasteiger partial charge in [-0.1, -0.05) is 0 Å². The van der Waals surface area contributed by atoms with Crippen molar-refractivity contribution in [2.75, 3.05) is 46.0 Å². The molecule has 288 valence electrons. The zero-order valence-electron chi connectivity index (χ0n) is 27.6. The molecule has 20 nitrogen and oxygen atoms in total. The summed E-state index contributed by atoms with van der Waals surface area (Å²) in [7, 11) is 0. The lowest BCUT2D eigenvalue weighted by Gasteiger charge is -2.47. The molecule has 0 aromatic rings. The van der Waals surface area contributed by atoms with Gasteiger partial charge in [-0.25, -0.2) is 0 Å². The van der Waals surface area contributed by atoms with Crippen molar-refractivity contribution in [1.82, 2.24) is 10.6 Å². The molecule has 19 N–H and O–H groups in total. The Hall–Kier alpha value is -0.800. The molecule has 17 atom stereocenters. The Morgan fingerprint density at radius 2 is 1.39 bits per heavy atom. The van der Waals surface area contributed by atoms with E-state index in [2.05, 4.69) is 10.6 Å². The minimum atomic E-state index is -1.59. The molecule has 1 saturated carbocycles. The summed E-state index contributed by atoms with van der Waals surface area (Å²) in [5.74, 6) is 0. The molecule has 4 fully saturated rings. The van der Waals surface area contributed by atoms with Crippen molar-refractivity contribution in [3.8, 4) is 0 Å². The van der Waals surface area contributed by atoms with Gasteiger partial charge in [0.1, 0.15) is 48.8 Å². The molecule has 1 aliphatic carbocycles. The molecule has 49 heavy (non-hydrogen) atoms. The third-order valence-corrected chi connectivity index (χ3v) is 9.66. The fraction of sp³-hybridized carbons (Fsp3) is 1.00. The van der Waals surface area contributed by atoms with Gasteiger partial charge in [0.05, 0.1) is 50.2 Å². The minimum absolute atomic E-state index is 0.140. The molecule has 0 amide bonds. The van der Waals surface area contributed by atoms with Crippen LogP contribution in [0.3, 0.4) is 0 Å². The predicted molar refractivity (Wildman–Crippen MR) is 170 cm³/mol. The summed E-state index contributed by atoms with van der Waals surface area (Å²) >= 11 is 0. The maximum absolute atomic E-state index is 11.6. The van der Waals surface area contributed by atoms with Crippen LogP contribution in [0, 0.1) is 0 Å². The average Bonchev–Trinajstić information content (AvgIpc) is 3.39. The highest BCUT2D eigenvalue weighted by atomic mass is 16.8. The molecule has 0 aromatic heterocycles. The van der Waals surface area contributed by atoms with Crippen LogP contribution in [0.1, 0.15) is 25.7 Å². The molecule has 0 radical (unpaired) electrons. The van der Waals surface area contributed by atoms with Crippen LogP contribution in [0.25, 0.3) is 0 Å². The molecule has 4 rings (SSSR count). The zero-order chi connectivity index (χ0) is 35.8. The van der Waals surface area contributed by atoms with Crippen molar-refractivity contribution in [2.24, 2.45) is 28.7 Å². The first kappa shape index (κ1) is 41.0. The Balaban J connectivity index is 1.51.